The fourth-order valence-electron chi connectivity index (χ4n) is 3.89. The van der Waals surface area contributed by atoms with Gasteiger partial charge in [-0.1, -0.05) is 31.2 Å². The van der Waals surface area contributed by atoms with Crippen LogP contribution in [0, 0.1) is 5.92 Å². The molecule has 0 bridgehead atoms. The second-order valence-corrected chi connectivity index (χ2v) is 8.51. The Kier molecular flexibility index (Phi) is 6.81. The number of hydrogen-bond donors (Lipinski definition) is 1. The Balaban J connectivity index is 1.83. The third-order valence-electron chi connectivity index (χ3n) is 5.75. The van der Waals surface area contributed by atoms with Crippen LogP contribution >= 0.6 is 0 Å². The number of primary amides is 1. The molecule has 1 amide bonds. The largest absolute Gasteiger partial charge is 0.416 e. The number of para-hydroxylation sites is 1. The summed E-state index contributed by atoms with van der Waals surface area (Å²) in [5, 5.41) is 6.20. The van der Waals surface area contributed by atoms with Gasteiger partial charge in [0.05, 0.1) is 27.9 Å². The van der Waals surface area contributed by atoms with Crippen molar-refractivity contribution >= 4 is 28.1 Å². The zero-order valence-corrected chi connectivity index (χ0v) is 19.3. The molecule has 1 unspecified atom stereocenters. The molecule has 0 saturated heterocycles. The van der Waals surface area contributed by atoms with E-state index in [1.54, 1.807) is 43.3 Å². The van der Waals surface area contributed by atoms with Gasteiger partial charge in [-0.2, -0.15) is 31.4 Å². The van der Waals surface area contributed by atoms with E-state index in [1.807, 2.05) is 0 Å². The van der Waals surface area contributed by atoms with Crippen molar-refractivity contribution in [1.82, 2.24) is 9.99 Å². The number of amides is 1. The predicted octanol–water partition coefficient (Wildman–Crippen LogP) is 6.36. The molecule has 11 heteroatoms. The number of rotatable bonds is 4. The summed E-state index contributed by atoms with van der Waals surface area (Å²) in [7, 11) is 0. The Hall–Kier alpha value is -4.15. The summed E-state index contributed by atoms with van der Waals surface area (Å²) in [5.41, 5.74) is 3.42. The lowest BCUT2D eigenvalue weighted by Crippen LogP contribution is -2.19. The van der Waals surface area contributed by atoms with Crippen LogP contribution in [0.4, 0.5) is 26.3 Å². The van der Waals surface area contributed by atoms with Crippen molar-refractivity contribution in [3.63, 3.8) is 0 Å². The fraction of sp³-hybridized carbons (Fsp3) is 0.192. The Morgan fingerprint density at radius 3 is 2.30 bits per heavy atom. The Morgan fingerprint density at radius 1 is 1.03 bits per heavy atom. The Morgan fingerprint density at radius 2 is 1.68 bits per heavy atom. The minimum absolute atomic E-state index is 0.000536. The first-order chi connectivity index (χ1) is 17.3. The molecule has 1 aromatic heterocycles. The second-order valence-electron chi connectivity index (χ2n) is 8.51. The van der Waals surface area contributed by atoms with Gasteiger partial charge < -0.3 is 5.73 Å². The summed E-state index contributed by atoms with van der Waals surface area (Å²) >= 11 is 0. The number of fused-ring (bicyclic) bond motifs is 1. The maximum absolute atomic E-state index is 13.4. The molecule has 0 aliphatic carbocycles. The lowest BCUT2D eigenvalue weighted by atomic mass is 9.93. The SMILES string of the molecule is CC1CC=CN(C=C(C(N)=O)c2cnc3ccccc3c2)N=C1c1cc(C(F)(F)F)cc(C(F)(F)F)c1. The third-order valence-corrected chi connectivity index (χ3v) is 5.75. The summed E-state index contributed by atoms with van der Waals surface area (Å²) in [4.78, 5) is 16.6. The van der Waals surface area contributed by atoms with Crippen molar-refractivity contribution in [2.75, 3.05) is 0 Å². The molecule has 4 rings (SSSR count). The first-order valence-electron chi connectivity index (χ1n) is 11.0. The molecule has 1 aliphatic rings. The minimum Gasteiger partial charge on any atom is -0.366 e. The van der Waals surface area contributed by atoms with Gasteiger partial charge in [0, 0.05) is 35.5 Å². The molecule has 37 heavy (non-hydrogen) atoms. The van der Waals surface area contributed by atoms with Gasteiger partial charge in [0.15, 0.2) is 0 Å². The van der Waals surface area contributed by atoms with Crippen LogP contribution in [0.5, 0.6) is 0 Å². The number of hydrogen-bond acceptors (Lipinski definition) is 4. The standard InChI is InChI=1S/C26H20F6N4O/c1-15-5-4-8-36(14-21(24(33)37)18-9-16-6-2-3-7-22(16)34-13-18)35-23(15)17-10-19(25(27,28)29)12-20(11-17)26(30,31)32/h2-4,6-15H,5H2,1H3,(H2,33,37). The highest BCUT2D eigenvalue weighted by Crippen LogP contribution is 2.37. The van der Waals surface area contributed by atoms with E-state index in [0.717, 1.165) is 10.4 Å². The monoisotopic (exact) mass is 518 g/mol. The number of pyridine rings is 1. The van der Waals surface area contributed by atoms with Gasteiger partial charge in [-0.25, -0.2) is 5.01 Å². The zero-order chi connectivity index (χ0) is 27.0. The van der Waals surface area contributed by atoms with Crippen molar-refractivity contribution in [3.8, 4) is 0 Å². The van der Waals surface area contributed by atoms with Crippen molar-refractivity contribution < 1.29 is 31.1 Å². The van der Waals surface area contributed by atoms with Crippen LogP contribution in [0.1, 0.15) is 35.6 Å². The smallest absolute Gasteiger partial charge is 0.366 e. The van der Waals surface area contributed by atoms with Crippen molar-refractivity contribution in [1.29, 1.82) is 0 Å². The molecule has 2 aromatic carbocycles. The van der Waals surface area contributed by atoms with E-state index in [4.69, 9.17) is 5.73 Å². The average molecular weight is 518 g/mol. The molecule has 1 aliphatic heterocycles. The molecule has 0 fully saturated rings. The minimum atomic E-state index is -5.00. The number of carbonyl (C=O) groups excluding carboxylic acids is 1. The number of halogens is 6. The quantitative estimate of drug-likeness (QED) is 0.323. The number of benzene rings is 2. The lowest BCUT2D eigenvalue weighted by molar-refractivity contribution is -0.143. The molecule has 192 valence electrons. The highest BCUT2D eigenvalue weighted by molar-refractivity contribution is 6.19. The first kappa shape index (κ1) is 25.9. The number of hydrazone groups is 1. The molecule has 0 spiro atoms. The lowest BCUT2D eigenvalue weighted by Gasteiger charge is -2.19. The van der Waals surface area contributed by atoms with Crippen LogP contribution in [0.15, 0.2) is 78.3 Å². The van der Waals surface area contributed by atoms with E-state index in [-0.39, 0.29) is 29.3 Å². The van der Waals surface area contributed by atoms with E-state index in [0.29, 0.717) is 23.2 Å². The Bertz CT molecular complexity index is 1410. The Labute approximate surface area is 207 Å². The van der Waals surface area contributed by atoms with Crippen LogP contribution in [-0.2, 0) is 17.1 Å². The molecule has 5 nitrogen and oxygen atoms in total. The van der Waals surface area contributed by atoms with E-state index in [9.17, 15) is 31.1 Å². The van der Waals surface area contributed by atoms with Gasteiger partial charge >= 0.3 is 12.4 Å². The maximum atomic E-state index is 13.4. The average Bonchev–Trinajstić information content (AvgIpc) is 3.01. The molecular weight excluding hydrogens is 498 g/mol. The molecular formula is C26H20F6N4O. The van der Waals surface area contributed by atoms with E-state index in [1.165, 1.54) is 18.6 Å². The highest BCUT2D eigenvalue weighted by atomic mass is 19.4. The molecule has 0 radical (unpaired) electrons. The topological polar surface area (TPSA) is 71.6 Å². The number of allylic oxidation sites excluding steroid dienone is 1. The van der Waals surface area contributed by atoms with Gasteiger partial charge in [0.2, 0.25) is 0 Å². The summed E-state index contributed by atoms with van der Waals surface area (Å²) in [5.74, 6) is -1.35. The summed E-state index contributed by atoms with van der Waals surface area (Å²) < 4.78 is 80.5. The molecule has 2 heterocycles. The third kappa shape index (κ3) is 5.82. The van der Waals surface area contributed by atoms with Crippen LogP contribution in [0.2, 0.25) is 0 Å². The molecule has 3 aromatic rings. The summed E-state index contributed by atoms with van der Waals surface area (Å²) in [6.07, 6.45) is -3.90. The normalized spacial score (nSPS) is 17.1. The first-order valence-corrected chi connectivity index (χ1v) is 11.0. The van der Waals surface area contributed by atoms with Crippen LogP contribution in [0.3, 0.4) is 0 Å². The van der Waals surface area contributed by atoms with E-state index in [2.05, 4.69) is 10.1 Å². The van der Waals surface area contributed by atoms with Crippen LogP contribution in [-0.4, -0.2) is 21.6 Å². The molecule has 2 N–H and O–H groups in total. The number of carbonyl (C=O) groups is 1. The van der Waals surface area contributed by atoms with E-state index < -0.39 is 35.3 Å². The van der Waals surface area contributed by atoms with E-state index >= 15 is 0 Å². The summed E-state index contributed by atoms with van der Waals surface area (Å²) in [6, 6.07) is 10.2. The zero-order valence-electron chi connectivity index (χ0n) is 19.3. The summed E-state index contributed by atoms with van der Waals surface area (Å²) in [6.45, 7) is 1.63. The number of nitrogens with zero attached hydrogens (tertiary/aromatic N) is 3. The molecule has 1 atom stereocenters. The van der Waals surface area contributed by atoms with Gasteiger partial charge in [-0.15, -0.1) is 0 Å². The van der Waals surface area contributed by atoms with Crippen molar-refractivity contribution in [2.45, 2.75) is 25.7 Å². The van der Waals surface area contributed by atoms with Gasteiger partial charge in [0.25, 0.3) is 5.91 Å². The van der Waals surface area contributed by atoms with Gasteiger partial charge in [0.1, 0.15) is 0 Å². The predicted molar refractivity (Wildman–Crippen MR) is 127 cm³/mol. The van der Waals surface area contributed by atoms with Gasteiger partial charge in [-0.05, 0) is 42.3 Å². The van der Waals surface area contributed by atoms with Crippen LogP contribution < -0.4 is 5.73 Å². The van der Waals surface area contributed by atoms with Crippen LogP contribution in [0.25, 0.3) is 16.5 Å². The number of alkyl halides is 6. The molecule has 0 saturated carbocycles. The van der Waals surface area contributed by atoms with Gasteiger partial charge in [-0.3, -0.25) is 9.78 Å². The maximum Gasteiger partial charge on any atom is 0.416 e. The number of aromatic nitrogens is 1. The fourth-order valence-corrected chi connectivity index (χ4v) is 3.89. The van der Waals surface area contributed by atoms with Crippen molar-refractivity contribution in [3.05, 3.63) is 95.5 Å². The number of nitrogens with two attached hydrogens (primary N) is 1. The van der Waals surface area contributed by atoms with Crippen molar-refractivity contribution in [2.24, 2.45) is 16.8 Å². The highest BCUT2D eigenvalue weighted by Gasteiger charge is 2.37. The second kappa shape index (κ2) is 9.72.